The second-order valence-corrected chi connectivity index (χ2v) is 21.1. The molecule has 0 atom stereocenters. The molecule has 0 N–H and O–H groups in total. The summed E-state index contributed by atoms with van der Waals surface area (Å²) in [5.74, 6) is -0.651. The van der Waals surface area contributed by atoms with Gasteiger partial charge in [-0.15, -0.1) is 0 Å². The first-order chi connectivity index (χ1) is 5.64. The van der Waals surface area contributed by atoms with Crippen LogP contribution in [0.3, 0.4) is 0 Å². The zero-order valence-electron chi connectivity index (χ0n) is 8.02. The monoisotopic (exact) mass is 372 g/mol. The SMILES string of the molecule is C[CH2][Pb]([CH2]C)([CH2]C)[O]C(=O)CF. The van der Waals surface area contributed by atoms with Crippen molar-refractivity contribution in [3.8, 4) is 0 Å². The molecule has 0 aliphatic heterocycles. The summed E-state index contributed by atoms with van der Waals surface area (Å²) in [4.78, 5) is 10.8. The third-order valence-electron chi connectivity index (χ3n) is 2.37. The van der Waals surface area contributed by atoms with E-state index in [1.165, 1.54) is 0 Å². The van der Waals surface area contributed by atoms with Gasteiger partial charge in [0, 0.05) is 0 Å². The first-order valence-corrected chi connectivity index (χ1v) is 14.2. The molecule has 0 spiro atoms. The van der Waals surface area contributed by atoms with E-state index >= 15 is 0 Å². The number of carbonyl (C=O) groups is 1. The van der Waals surface area contributed by atoms with Gasteiger partial charge in [0.25, 0.3) is 0 Å². The molecular weight excluding hydrogens is 354 g/mol. The number of alkyl halides is 1. The van der Waals surface area contributed by atoms with Gasteiger partial charge in [-0.25, -0.2) is 0 Å². The fourth-order valence-electron chi connectivity index (χ4n) is 1.24. The van der Waals surface area contributed by atoms with E-state index in [9.17, 15) is 9.18 Å². The number of carbonyl (C=O) groups excluding carboxylic acids is 1. The van der Waals surface area contributed by atoms with E-state index in [2.05, 4.69) is 0 Å². The van der Waals surface area contributed by atoms with Crippen LogP contribution in [0.15, 0.2) is 0 Å². The number of rotatable bonds is 5. The Hall–Kier alpha value is 0.322. The molecule has 0 aromatic heterocycles. The molecule has 0 fully saturated rings. The van der Waals surface area contributed by atoms with Crippen molar-refractivity contribution in [3.63, 3.8) is 0 Å². The van der Waals surface area contributed by atoms with Gasteiger partial charge in [0.2, 0.25) is 0 Å². The van der Waals surface area contributed by atoms with Crippen LogP contribution in [0.1, 0.15) is 20.8 Å². The minimum atomic E-state index is -2.76. The van der Waals surface area contributed by atoms with Crippen LogP contribution in [0.25, 0.3) is 0 Å². The maximum absolute atomic E-state index is 11.9. The molecule has 2 nitrogen and oxygen atoms in total. The molecule has 0 rings (SSSR count). The summed E-state index contributed by atoms with van der Waals surface area (Å²) < 4.78 is 20.0. The van der Waals surface area contributed by atoms with Crippen molar-refractivity contribution < 1.29 is 11.9 Å². The third kappa shape index (κ3) is 3.37. The van der Waals surface area contributed by atoms with E-state index < -0.39 is 34.3 Å². The Morgan fingerprint density at radius 1 is 1.25 bits per heavy atom. The Morgan fingerprint density at radius 2 is 1.67 bits per heavy atom. The van der Waals surface area contributed by atoms with Crippen LogP contribution in [-0.2, 0) is 7.48 Å². The Balaban J connectivity index is 4.19. The van der Waals surface area contributed by atoms with Crippen molar-refractivity contribution in [2.45, 2.75) is 32.7 Å². The molecule has 0 saturated carbocycles. The molecule has 0 aliphatic carbocycles. The zero-order valence-corrected chi connectivity index (χ0v) is 11.9. The maximum atomic E-state index is 11.9. The molecule has 0 bridgehead atoms. The van der Waals surface area contributed by atoms with Crippen molar-refractivity contribution in [1.29, 1.82) is 0 Å². The van der Waals surface area contributed by atoms with E-state index in [1.54, 1.807) is 0 Å². The number of hydrogen-bond donors (Lipinski definition) is 0. The average Bonchev–Trinajstić information content (AvgIpc) is 2.14. The molecule has 4 heteroatoms. The van der Waals surface area contributed by atoms with Crippen LogP contribution in [0.4, 0.5) is 4.39 Å². The second-order valence-electron chi connectivity index (χ2n) is 2.85. The summed E-state index contributed by atoms with van der Waals surface area (Å²) in [5, 5.41) is 0. The summed E-state index contributed by atoms with van der Waals surface area (Å²) in [6, 6.07) is 0. The van der Waals surface area contributed by atoms with Gasteiger partial charge < -0.3 is 0 Å². The van der Waals surface area contributed by atoms with Crippen LogP contribution in [0.2, 0.25) is 11.9 Å². The van der Waals surface area contributed by atoms with Gasteiger partial charge in [0.15, 0.2) is 0 Å². The van der Waals surface area contributed by atoms with E-state index in [-0.39, 0.29) is 0 Å². The zero-order chi connectivity index (χ0) is 9.61. The van der Waals surface area contributed by atoms with E-state index in [0.717, 1.165) is 11.9 Å². The minimum absolute atomic E-state index is 0.651. The topological polar surface area (TPSA) is 26.3 Å². The molecule has 0 aromatic rings. The van der Waals surface area contributed by atoms with Crippen LogP contribution in [0.5, 0.6) is 0 Å². The van der Waals surface area contributed by atoms with Crippen molar-refractivity contribution in [2.75, 3.05) is 6.67 Å². The van der Waals surface area contributed by atoms with Crippen molar-refractivity contribution >= 4 is 27.6 Å². The molecule has 72 valence electrons. The van der Waals surface area contributed by atoms with Crippen LogP contribution < -0.4 is 0 Å². The van der Waals surface area contributed by atoms with Gasteiger partial charge in [-0.3, -0.25) is 0 Å². The average molecular weight is 371 g/mol. The Labute approximate surface area is 78.8 Å². The molecule has 0 amide bonds. The first kappa shape index (κ1) is 12.3. The summed E-state index contributed by atoms with van der Waals surface area (Å²) in [5.41, 5.74) is 0. The standard InChI is InChI=1S/C2H3FO2.3C2H5.Pb/c3-1-2(4)5;3*1-2;/h1H2,(H,4,5);3*1H2,2H3;/q;;;;+1/p-1. The van der Waals surface area contributed by atoms with Gasteiger partial charge in [0.1, 0.15) is 0 Å². The Kier molecular flexibility index (Phi) is 6.04. The van der Waals surface area contributed by atoms with E-state index in [0.29, 0.717) is 0 Å². The molecular formula is C8H17FO2Pb. The van der Waals surface area contributed by atoms with Crippen LogP contribution >= 0.6 is 0 Å². The van der Waals surface area contributed by atoms with Gasteiger partial charge in [-0.1, -0.05) is 0 Å². The summed E-state index contributed by atoms with van der Waals surface area (Å²) >= 11 is -2.76. The van der Waals surface area contributed by atoms with Crippen LogP contribution in [-0.4, -0.2) is 34.3 Å². The number of halogens is 1. The normalized spacial score (nSPS) is 11.3. The number of hydrogen-bond acceptors (Lipinski definition) is 2. The van der Waals surface area contributed by atoms with Crippen molar-refractivity contribution in [2.24, 2.45) is 0 Å². The second kappa shape index (κ2) is 5.88. The molecule has 0 heterocycles. The fourth-order valence-corrected chi connectivity index (χ4v) is 10.8. The van der Waals surface area contributed by atoms with Crippen LogP contribution in [0, 0.1) is 0 Å². The fraction of sp³-hybridized carbons (Fsp3) is 0.875. The molecule has 0 saturated heterocycles. The van der Waals surface area contributed by atoms with Crippen molar-refractivity contribution in [3.05, 3.63) is 0 Å². The van der Waals surface area contributed by atoms with E-state index in [4.69, 9.17) is 2.69 Å². The molecule has 0 radical (unpaired) electrons. The first-order valence-electron chi connectivity index (χ1n) is 4.42. The van der Waals surface area contributed by atoms with Gasteiger partial charge in [-0.05, 0) is 0 Å². The Morgan fingerprint density at radius 3 is 1.92 bits per heavy atom. The molecule has 0 unspecified atom stereocenters. The van der Waals surface area contributed by atoms with Gasteiger partial charge in [0.05, 0.1) is 0 Å². The third-order valence-corrected chi connectivity index (χ3v) is 20.0. The van der Waals surface area contributed by atoms with Crippen molar-refractivity contribution in [1.82, 2.24) is 0 Å². The molecule has 0 aromatic carbocycles. The molecule has 0 aliphatic rings. The summed E-state index contributed by atoms with van der Waals surface area (Å²) in [6.45, 7) is 5.15. The predicted octanol–water partition coefficient (Wildman–Crippen LogP) is 2.50. The quantitative estimate of drug-likeness (QED) is 0.694. The van der Waals surface area contributed by atoms with Gasteiger partial charge >= 0.3 is 78.9 Å². The summed E-state index contributed by atoms with van der Waals surface area (Å²) in [6.07, 6.45) is 0. The van der Waals surface area contributed by atoms with E-state index in [1.807, 2.05) is 20.8 Å². The molecule has 12 heavy (non-hydrogen) atoms. The van der Waals surface area contributed by atoms with Gasteiger partial charge in [-0.2, -0.15) is 0 Å². The Bertz CT molecular complexity index is 138. The predicted molar refractivity (Wildman–Crippen MR) is 49.3 cm³/mol. The summed E-state index contributed by atoms with van der Waals surface area (Å²) in [7, 11) is 0.